The molecule has 7 nitrogen and oxygen atoms in total. The number of hydrogen-bond donors (Lipinski definition) is 0. The minimum atomic E-state index is -4.98. The molecule has 10 heteroatoms. The van der Waals surface area contributed by atoms with E-state index < -0.39 is 45.6 Å². The third-order valence-electron chi connectivity index (χ3n) is 2.37. The average Bonchev–Trinajstić information content (AvgIpc) is 2.37. The summed E-state index contributed by atoms with van der Waals surface area (Å²) in [7, 11) is 0. The fourth-order valence-corrected chi connectivity index (χ4v) is 1.41. The highest BCUT2D eigenvalue weighted by Gasteiger charge is 2.34. The molecule has 0 spiro atoms. The van der Waals surface area contributed by atoms with E-state index in [1.165, 1.54) is 0 Å². The van der Waals surface area contributed by atoms with Gasteiger partial charge in [-0.25, -0.2) is 0 Å². The van der Waals surface area contributed by atoms with Crippen LogP contribution in [0.4, 0.5) is 18.9 Å². The summed E-state index contributed by atoms with van der Waals surface area (Å²) in [6, 6.07) is 1.94. The zero-order valence-corrected chi connectivity index (χ0v) is 9.88. The number of benzene rings is 1. The number of nitriles is 1. The van der Waals surface area contributed by atoms with Gasteiger partial charge in [-0.3, -0.25) is 14.9 Å². The van der Waals surface area contributed by atoms with Crippen molar-refractivity contribution in [2.75, 3.05) is 0 Å². The number of nitro groups is 1. The Labute approximate surface area is 114 Å². The molecule has 21 heavy (non-hydrogen) atoms. The number of non-ortho nitro benzene ring substituents is 1. The predicted octanol–water partition coefficient (Wildman–Crippen LogP) is 0.686. The lowest BCUT2D eigenvalue weighted by atomic mass is 9.97. The second kappa shape index (κ2) is 5.58. The quantitative estimate of drug-likeness (QED) is 0.348. The predicted molar refractivity (Wildman–Crippen MR) is 56.5 cm³/mol. The fourth-order valence-electron chi connectivity index (χ4n) is 1.41. The maximum absolute atomic E-state index is 12.6. The number of carbonyl (C=O) groups is 2. The van der Waals surface area contributed by atoms with Crippen LogP contribution in [0.25, 0.3) is 0 Å². The molecule has 1 aromatic carbocycles. The first-order valence-electron chi connectivity index (χ1n) is 5.09. The molecule has 0 heterocycles. The molecule has 0 fully saturated rings. The zero-order valence-electron chi connectivity index (χ0n) is 9.88. The van der Waals surface area contributed by atoms with Crippen LogP contribution in [0.2, 0.25) is 0 Å². The number of rotatable bonds is 4. The van der Waals surface area contributed by atoms with Crippen LogP contribution < -0.4 is 5.11 Å². The van der Waals surface area contributed by atoms with Gasteiger partial charge in [0.05, 0.1) is 22.5 Å². The number of Topliss-reactive ketones (excluding diaryl/α,β-unsaturated/α-hetero) is 1. The summed E-state index contributed by atoms with van der Waals surface area (Å²) in [5.74, 6) is -5.98. The third kappa shape index (κ3) is 3.53. The van der Waals surface area contributed by atoms with Crippen molar-refractivity contribution in [1.29, 1.82) is 5.26 Å². The first kappa shape index (κ1) is 16.1. The molecule has 0 radical (unpaired) electrons. The van der Waals surface area contributed by atoms with Gasteiger partial charge in [0.15, 0.2) is 5.78 Å². The van der Waals surface area contributed by atoms with Crippen molar-refractivity contribution in [1.82, 2.24) is 0 Å². The van der Waals surface area contributed by atoms with E-state index in [1.807, 2.05) is 0 Å². The molecule has 0 aromatic heterocycles. The molecule has 0 saturated heterocycles. The second-order valence-corrected chi connectivity index (χ2v) is 3.77. The number of hydrogen-bond acceptors (Lipinski definition) is 6. The molecular formula is C11H4F3N2O5-. The number of carboxylic acid groups (broad SMARTS) is 1. The lowest BCUT2D eigenvalue weighted by Gasteiger charge is -2.11. The van der Waals surface area contributed by atoms with Crippen molar-refractivity contribution in [3.05, 3.63) is 39.4 Å². The smallest absolute Gasteiger partial charge is 0.416 e. The van der Waals surface area contributed by atoms with Crippen molar-refractivity contribution >= 4 is 17.4 Å². The van der Waals surface area contributed by atoms with E-state index in [0.717, 1.165) is 6.07 Å². The normalized spacial score (nSPS) is 12.3. The van der Waals surface area contributed by atoms with Crippen molar-refractivity contribution in [2.45, 2.75) is 6.18 Å². The minimum absolute atomic E-state index is 0.192. The lowest BCUT2D eigenvalue weighted by molar-refractivity contribution is -0.385. The van der Waals surface area contributed by atoms with E-state index in [9.17, 15) is 38.0 Å². The molecule has 0 aliphatic heterocycles. The van der Waals surface area contributed by atoms with Crippen LogP contribution in [0.15, 0.2) is 18.2 Å². The molecule has 1 aromatic rings. The lowest BCUT2D eigenvalue weighted by Crippen LogP contribution is -2.35. The van der Waals surface area contributed by atoms with Gasteiger partial charge in [0, 0.05) is 17.7 Å². The van der Waals surface area contributed by atoms with Crippen molar-refractivity contribution in [3.63, 3.8) is 0 Å². The molecular weight excluding hydrogens is 297 g/mol. The minimum Gasteiger partial charge on any atom is -0.548 e. The van der Waals surface area contributed by atoms with E-state index in [1.54, 1.807) is 0 Å². The van der Waals surface area contributed by atoms with Crippen LogP contribution in [0.1, 0.15) is 15.9 Å². The Kier molecular flexibility index (Phi) is 4.27. The van der Waals surface area contributed by atoms with Crippen LogP contribution in [0.3, 0.4) is 0 Å². The Morgan fingerprint density at radius 3 is 2.24 bits per heavy atom. The van der Waals surface area contributed by atoms with Gasteiger partial charge in [0.1, 0.15) is 5.92 Å². The highest BCUT2D eigenvalue weighted by molar-refractivity contribution is 6.10. The summed E-state index contributed by atoms with van der Waals surface area (Å²) in [4.78, 5) is 31.6. The number of alkyl halides is 3. The summed E-state index contributed by atoms with van der Waals surface area (Å²) < 4.78 is 37.8. The summed E-state index contributed by atoms with van der Waals surface area (Å²) in [6.45, 7) is 0. The van der Waals surface area contributed by atoms with Crippen LogP contribution in [0.5, 0.6) is 0 Å². The Balaban J connectivity index is 3.46. The number of ketones is 1. The van der Waals surface area contributed by atoms with Crippen molar-refractivity contribution < 1.29 is 32.8 Å². The van der Waals surface area contributed by atoms with E-state index in [4.69, 9.17) is 5.26 Å². The molecule has 0 amide bonds. The topological polar surface area (TPSA) is 124 Å². The maximum atomic E-state index is 12.6. The van der Waals surface area contributed by atoms with Gasteiger partial charge in [0.2, 0.25) is 0 Å². The van der Waals surface area contributed by atoms with E-state index in [-0.39, 0.29) is 12.1 Å². The summed E-state index contributed by atoms with van der Waals surface area (Å²) in [5.41, 5.74) is -3.47. The van der Waals surface area contributed by atoms with Crippen LogP contribution in [0, 0.1) is 27.4 Å². The van der Waals surface area contributed by atoms with Crippen molar-refractivity contribution in [3.8, 4) is 6.07 Å². The third-order valence-corrected chi connectivity index (χ3v) is 2.37. The molecule has 0 aliphatic rings. The Bertz CT molecular complexity index is 663. The van der Waals surface area contributed by atoms with Crippen LogP contribution in [-0.4, -0.2) is 16.7 Å². The molecule has 1 unspecified atom stereocenters. The van der Waals surface area contributed by atoms with Gasteiger partial charge < -0.3 is 9.90 Å². The van der Waals surface area contributed by atoms with Gasteiger partial charge in [-0.1, -0.05) is 0 Å². The largest absolute Gasteiger partial charge is 0.548 e. The Morgan fingerprint density at radius 1 is 1.29 bits per heavy atom. The van der Waals surface area contributed by atoms with Crippen LogP contribution in [-0.2, 0) is 11.0 Å². The van der Waals surface area contributed by atoms with Gasteiger partial charge >= 0.3 is 6.18 Å². The number of aliphatic carboxylic acids is 1. The molecule has 0 aliphatic carbocycles. The number of carbonyl (C=O) groups excluding carboxylic acids is 2. The molecule has 0 bridgehead atoms. The second-order valence-electron chi connectivity index (χ2n) is 3.77. The summed E-state index contributed by atoms with van der Waals surface area (Å²) in [6.07, 6.45) is -4.98. The Hall–Kier alpha value is -2.96. The molecule has 0 N–H and O–H groups in total. The molecule has 110 valence electrons. The van der Waals surface area contributed by atoms with Gasteiger partial charge in [-0.15, -0.1) is 0 Å². The van der Waals surface area contributed by atoms with Gasteiger partial charge in [-0.2, -0.15) is 18.4 Å². The SMILES string of the molecule is N#CC(C(=O)[O-])C(=O)c1cc([N+](=O)[O-])cc(C(F)(F)F)c1. The average molecular weight is 301 g/mol. The number of halogens is 3. The first-order chi connectivity index (χ1) is 9.57. The highest BCUT2D eigenvalue weighted by Crippen LogP contribution is 2.33. The van der Waals surface area contributed by atoms with E-state index in [2.05, 4.69) is 0 Å². The maximum Gasteiger partial charge on any atom is 0.416 e. The Morgan fingerprint density at radius 2 is 1.86 bits per heavy atom. The van der Waals surface area contributed by atoms with Crippen LogP contribution >= 0.6 is 0 Å². The molecule has 1 atom stereocenters. The standard InChI is InChI=1S/C11H5F3N2O5/c12-11(13,14)6-1-5(2-7(3-6)16(20)21)9(17)8(4-15)10(18)19/h1-3,8H,(H,18,19)/p-1. The van der Waals surface area contributed by atoms with Gasteiger partial charge in [-0.05, 0) is 6.07 Å². The number of carboxylic acids is 1. The van der Waals surface area contributed by atoms with E-state index >= 15 is 0 Å². The number of nitrogens with zero attached hydrogens (tertiary/aromatic N) is 2. The first-order valence-corrected chi connectivity index (χ1v) is 5.09. The molecule has 0 saturated carbocycles. The van der Waals surface area contributed by atoms with Gasteiger partial charge in [0.25, 0.3) is 5.69 Å². The zero-order chi connectivity index (χ0) is 16.4. The summed E-state index contributed by atoms with van der Waals surface area (Å²) in [5, 5.41) is 29.6. The summed E-state index contributed by atoms with van der Waals surface area (Å²) >= 11 is 0. The molecule has 1 rings (SSSR count). The van der Waals surface area contributed by atoms with E-state index in [0.29, 0.717) is 6.07 Å². The number of nitro benzene ring substituents is 1. The fraction of sp³-hybridized carbons (Fsp3) is 0.182. The van der Waals surface area contributed by atoms with Crippen molar-refractivity contribution in [2.24, 2.45) is 5.92 Å². The highest BCUT2D eigenvalue weighted by atomic mass is 19.4. The monoisotopic (exact) mass is 301 g/mol.